The molecule has 0 aliphatic carbocycles. The first-order valence-electron chi connectivity index (χ1n) is 12.2. The molecule has 2 aliphatic heterocycles. The third-order valence-corrected chi connectivity index (χ3v) is 7.13. The second-order valence-corrected chi connectivity index (χ2v) is 9.22. The van der Waals surface area contributed by atoms with Crippen molar-refractivity contribution in [1.29, 1.82) is 5.26 Å². The van der Waals surface area contributed by atoms with E-state index in [1.165, 1.54) is 6.26 Å². The highest BCUT2D eigenvalue weighted by Crippen LogP contribution is 2.32. The average molecular weight is 489 g/mol. The van der Waals surface area contributed by atoms with Crippen LogP contribution < -0.4 is 9.64 Å². The van der Waals surface area contributed by atoms with Crippen molar-refractivity contribution >= 4 is 17.6 Å². The van der Waals surface area contributed by atoms with Gasteiger partial charge in [-0.25, -0.2) is 0 Å². The Bertz CT molecular complexity index is 1240. The standard InChI is InChI=1S/C27H28N4O5/c1-34-21-6-4-18(5-7-21)24(32)19-8-12-30(13-9-19)26(33)20-10-14-31(15-11-20)27-22(17-28)29-25(36-27)23-3-2-16-35-23/h2-7,16,19-20H,8-15H2,1H3. The van der Waals surface area contributed by atoms with Gasteiger partial charge in [0.15, 0.2) is 11.5 Å². The molecule has 0 saturated carbocycles. The van der Waals surface area contributed by atoms with Gasteiger partial charge in [-0.2, -0.15) is 10.2 Å². The van der Waals surface area contributed by atoms with Crippen LogP contribution in [0.5, 0.6) is 5.75 Å². The Hall–Kier alpha value is -4.06. The molecule has 2 saturated heterocycles. The van der Waals surface area contributed by atoms with Gasteiger partial charge in [-0.3, -0.25) is 9.59 Å². The molecule has 36 heavy (non-hydrogen) atoms. The summed E-state index contributed by atoms with van der Waals surface area (Å²) in [5.74, 6) is 2.03. The van der Waals surface area contributed by atoms with Crippen molar-refractivity contribution in [3.63, 3.8) is 0 Å². The fraction of sp³-hybridized carbons (Fsp3) is 0.407. The largest absolute Gasteiger partial charge is 0.497 e. The lowest BCUT2D eigenvalue weighted by molar-refractivity contribution is -0.137. The number of oxazole rings is 1. The van der Waals surface area contributed by atoms with Gasteiger partial charge in [-0.15, -0.1) is 0 Å². The van der Waals surface area contributed by atoms with Gasteiger partial charge in [-0.05, 0) is 62.1 Å². The van der Waals surface area contributed by atoms with E-state index in [1.54, 1.807) is 43.5 Å². The smallest absolute Gasteiger partial charge is 0.266 e. The van der Waals surface area contributed by atoms with Crippen LogP contribution in [0.15, 0.2) is 51.5 Å². The molecule has 0 radical (unpaired) electrons. The number of methoxy groups -OCH3 is 1. The van der Waals surface area contributed by atoms with Gasteiger partial charge in [0.25, 0.3) is 5.89 Å². The summed E-state index contributed by atoms with van der Waals surface area (Å²) in [5, 5.41) is 9.51. The lowest BCUT2D eigenvalue weighted by atomic mass is 9.87. The summed E-state index contributed by atoms with van der Waals surface area (Å²) in [6.45, 7) is 2.40. The molecular weight excluding hydrogens is 460 g/mol. The number of aromatic nitrogens is 1. The topological polar surface area (TPSA) is 113 Å². The molecule has 0 spiro atoms. The van der Waals surface area contributed by atoms with E-state index >= 15 is 0 Å². The van der Waals surface area contributed by atoms with Crippen LogP contribution >= 0.6 is 0 Å². The number of nitriles is 1. The summed E-state index contributed by atoms with van der Waals surface area (Å²) in [7, 11) is 1.60. The molecule has 0 unspecified atom stereocenters. The molecule has 2 fully saturated rings. The van der Waals surface area contributed by atoms with E-state index in [2.05, 4.69) is 11.1 Å². The molecule has 5 rings (SSSR count). The fourth-order valence-corrected chi connectivity index (χ4v) is 5.05. The number of Topliss-reactive ketones (excluding diaryl/α,β-unsaturated/α-hetero) is 1. The molecule has 0 atom stereocenters. The zero-order valence-electron chi connectivity index (χ0n) is 20.2. The number of piperidine rings is 2. The van der Waals surface area contributed by atoms with Crippen molar-refractivity contribution in [2.45, 2.75) is 25.7 Å². The van der Waals surface area contributed by atoms with Gasteiger partial charge in [-0.1, -0.05) is 0 Å². The van der Waals surface area contributed by atoms with Crippen LogP contribution in [-0.4, -0.2) is 54.9 Å². The minimum atomic E-state index is -0.0758. The summed E-state index contributed by atoms with van der Waals surface area (Å²) in [5.41, 5.74) is 0.905. The number of nitrogens with zero attached hydrogens (tertiary/aromatic N) is 4. The predicted octanol–water partition coefficient (Wildman–Crippen LogP) is 4.15. The SMILES string of the molecule is COc1ccc(C(=O)C2CCN(C(=O)C3CCN(c4oc(-c5ccco5)nc4C#N)CC3)CC2)cc1. The number of ketones is 1. The zero-order valence-corrected chi connectivity index (χ0v) is 20.2. The number of likely N-dealkylation sites (tertiary alicyclic amines) is 1. The molecule has 2 aromatic heterocycles. The first-order chi connectivity index (χ1) is 17.6. The van der Waals surface area contributed by atoms with Crippen LogP contribution in [0.25, 0.3) is 11.7 Å². The van der Waals surface area contributed by atoms with Crippen LogP contribution in [0.3, 0.4) is 0 Å². The van der Waals surface area contributed by atoms with Crippen LogP contribution in [0.4, 0.5) is 5.88 Å². The Kier molecular flexibility index (Phi) is 6.76. The molecule has 3 aromatic rings. The van der Waals surface area contributed by atoms with E-state index in [-0.39, 0.29) is 35.1 Å². The average Bonchev–Trinajstić information content (AvgIpc) is 3.63. The van der Waals surface area contributed by atoms with Gasteiger partial charge in [0.1, 0.15) is 11.8 Å². The Balaban J connectivity index is 1.14. The van der Waals surface area contributed by atoms with E-state index in [0.717, 1.165) is 5.75 Å². The third-order valence-electron chi connectivity index (χ3n) is 7.13. The maximum absolute atomic E-state index is 13.2. The van der Waals surface area contributed by atoms with E-state index in [0.29, 0.717) is 69.1 Å². The zero-order chi connectivity index (χ0) is 25.1. The van der Waals surface area contributed by atoms with Gasteiger partial charge in [0, 0.05) is 43.6 Å². The quantitative estimate of drug-likeness (QED) is 0.476. The minimum Gasteiger partial charge on any atom is -0.497 e. The predicted molar refractivity (Wildman–Crippen MR) is 130 cm³/mol. The molecule has 0 bridgehead atoms. The molecule has 186 valence electrons. The lowest BCUT2D eigenvalue weighted by Gasteiger charge is -2.37. The van der Waals surface area contributed by atoms with Crippen LogP contribution in [0, 0.1) is 23.2 Å². The number of hydrogen-bond acceptors (Lipinski definition) is 8. The second-order valence-electron chi connectivity index (χ2n) is 9.22. The minimum absolute atomic E-state index is 0.0662. The van der Waals surface area contributed by atoms with Gasteiger partial charge in [0.2, 0.25) is 17.5 Å². The number of ether oxygens (including phenoxy) is 1. The number of carbonyl (C=O) groups is 2. The number of benzene rings is 1. The highest BCUT2D eigenvalue weighted by Gasteiger charge is 2.34. The summed E-state index contributed by atoms with van der Waals surface area (Å²) < 4.78 is 16.3. The van der Waals surface area contributed by atoms with E-state index in [4.69, 9.17) is 13.6 Å². The summed E-state index contributed by atoms with van der Waals surface area (Å²) >= 11 is 0. The molecule has 9 heteroatoms. The summed E-state index contributed by atoms with van der Waals surface area (Å²) in [4.78, 5) is 34.2. The number of furan rings is 1. The molecule has 9 nitrogen and oxygen atoms in total. The third kappa shape index (κ3) is 4.71. The van der Waals surface area contributed by atoms with E-state index < -0.39 is 0 Å². The normalized spacial score (nSPS) is 17.1. The molecule has 2 aliphatic rings. The highest BCUT2D eigenvalue weighted by atomic mass is 16.5. The maximum atomic E-state index is 13.2. The Labute approximate surface area is 209 Å². The Morgan fingerprint density at radius 2 is 1.72 bits per heavy atom. The number of hydrogen-bond donors (Lipinski definition) is 0. The van der Waals surface area contributed by atoms with Crippen molar-refractivity contribution < 1.29 is 23.2 Å². The monoisotopic (exact) mass is 488 g/mol. The van der Waals surface area contributed by atoms with Crippen LogP contribution in [0.1, 0.15) is 41.7 Å². The number of amides is 1. The fourth-order valence-electron chi connectivity index (χ4n) is 5.05. The van der Waals surface area contributed by atoms with Crippen molar-refractivity contribution in [3.05, 3.63) is 53.9 Å². The first-order valence-corrected chi connectivity index (χ1v) is 12.2. The highest BCUT2D eigenvalue weighted by molar-refractivity contribution is 5.98. The van der Waals surface area contributed by atoms with Crippen molar-refractivity contribution in [1.82, 2.24) is 9.88 Å². The molecule has 1 amide bonds. The van der Waals surface area contributed by atoms with E-state index in [9.17, 15) is 14.9 Å². The van der Waals surface area contributed by atoms with Crippen molar-refractivity contribution in [2.24, 2.45) is 11.8 Å². The van der Waals surface area contributed by atoms with Crippen LogP contribution in [0.2, 0.25) is 0 Å². The van der Waals surface area contributed by atoms with Crippen molar-refractivity contribution in [3.8, 4) is 23.5 Å². The molecule has 0 N–H and O–H groups in total. The molecule has 4 heterocycles. The number of anilines is 1. The maximum Gasteiger partial charge on any atom is 0.266 e. The van der Waals surface area contributed by atoms with Gasteiger partial charge < -0.3 is 23.4 Å². The van der Waals surface area contributed by atoms with Crippen LogP contribution in [-0.2, 0) is 4.79 Å². The van der Waals surface area contributed by atoms with Gasteiger partial charge >= 0.3 is 0 Å². The first kappa shape index (κ1) is 23.7. The van der Waals surface area contributed by atoms with Crippen molar-refractivity contribution in [2.75, 3.05) is 38.2 Å². The Morgan fingerprint density at radius 3 is 2.33 bits per heavy atom. The second kappa shape index (κ2) is 10.3. The van der Waals surface area contributed by atoms with E-state index in [1.807, 2.05) is 9.80 Å². The lowest BCUT2D eigenvalue weighted by Crippen LogP contribution is -2.46. The molecule has 1 aromatic carbocycles. The van der Waals surface area contributed by atoms with Gasteiger partial charge in [0.05, 0.1) is 13.4 Å². The molecular formula is C27H28N4O5. The summed E-state index contributed by atoms with van der Waals surface area (Å²) in [6, 6.07) is 12.8. The summed E-state index contributed by atoms with van der Waals surface area (Å²) in [6.07, 6.45) is 4.22. The number of carbonyl (C=O) groups excluding carboxylic acids is 2. The Morgan fingerprint density at radius 1 is 1.03 bits per heavy atom. The number of rotatable bonds is 6.